The van der Waals surface area contributed by atoms with E-state index in [0.717, 1.165) is 5.56 Å². The highest BCUT2D eigenvalue weighted by atomic mass is 16.5. The summed E-state index contributed by atoms with van der Waals surface area (Å²) < 4.78 is 5.66. The van der Waals surface area contributed by atoms with Crippen molar-refractivity contribution in [2.45, 2.75) is 45.4 Å². The van der Waals surface area contributed by atoms with Gasteiger partial charge in [0.05, 0.1) is 6.10 Å². The molecule has 1 aromatic rings. The summed E-state index contributed by atoms with van der Waals surface area (Å²) in [5, 5.41) is 2.92. The number of carbonyl (C=O) groups is 2. The van der Waals surface area contributed by atoms with Crippen molar-refractivity contribution in [3.63, 3.8) is 0 Å². The Balaban J connectivity index is 1.95. The Kier molecular flexibility index (Phi) is 5.54. The number of carbonyl (C=O) groups excluding carboxylic acids is 2. The third-order valence-corrected chi connectivity index (χ3v) is 5.30. The molecule has 0 radical (unpaired) electrons. The predicted molar refractivity (Wildman–Crippen MR) is 97.0 cm³/mol. The molecule has 6 heteroatoms. The van der Waals surface area contributed by atoms with E-state index in [1.165, 1.54) is 4.90 Å². The molecule has 1 aromatic carbocycles. The number of hydrogen-bond donors (Lipinski definition) is 2. The average Bonchev–Trinajstić information content (AvgIpc) is 2.58. The summed E-state index contributed by atoms with van der Waals surface area (Å²) in [4.78, 5) is 26.0. The molecule has 1 aliphatic rings. The molecule has 2 amide bonds. The average molecular weight is 347 g/mol. The maximum absolute atomic E-state index is 12.6. The molecule has 1 saturated carbocycles. The summed E-state index contributed by atoms with van der Waals surface area (Å²) in [5.41, 5.74) is 6.58. The minimum Gasteiger partial charge on any atom is -0.378 e. The number of benzene rings is 1. The number of nitrogens with zero attached hydrogens (tertiary/aromatic N) is 1. The predicted octanol–water partition coefficient (Wildman–Crippen LogP) is 1.54. The summed E-state index contributed by atoms with van der Waals surface area (Å²) in [6.45, 7) is 6.88. The van der Waals surface area contributed by atoms with Crippen LogP contribution in [0.5, 0.6) is 0 Å². The number of nitrogens with two attached hydrogens (primary N) is 1. The van der Waals surface area contributed by atoms with Crippen LogP contribution < -0.4 is 11.1 Å². The van der Waals surface area contributed by atoms with Crippen LogP contribution in [0.4, 0.5) is 0 Å². The van der Waals surface area contributed by atoms with Crippen molar-refractivity contribution in [2.75, 3.05) is 20.7 Å². The lowest BCUT2D eigenvalue weighted by atomic mass is 9.54. The highest BCUT2D eigenvalue weighted by Crippen LogP contribution is 2.49. The number of amides is 2. The number of ether oxygens (including phenoxy) is 1. The molecular weight excluding hydrogens is 318 g/mol. The Labute approximate surface area is 149 Å². The van der Waals surface area contributed by atoms with E-state index in [4.69, 9.17) is 10.5 Å². The second-order valence-electron chi connectivity index (χ2n) is 7.42. The van der Waals surface area contributed by atoms with Crippen molar-refractivity contribution in [1.29, 1.82) is 0 Å². The van der Waals surface area contributed by atoms with Crippen LogP contribution >= 0.6 is 0 Å². The van der Waals surface area contributed by atoms with Crippen molar-refractivity contribution in [1.82, 2.24) is 10.2 Å². The molecule has 2 rings (SSSR count). The molecule has 2 atom stereocenters. The van der Waals surface area contributed by atoms with Crippen molar-refractivity contribution < 1.29 is 14.3 Å². The first-order valence-corrected chi connectivity index (χ1v) is 8.63. The minimum absolute atomic E-state index is 0.00424. The van der Waals surface area contributed by atoms with Gasteiger partial charge in [0.2, 0.25) is 5.91 Å². The van der Waals surface area contributed by atoms with Gasteiger partial charge in [0, 0.05) is 44.6 Å². The Morgan fingerprint density at radius 1 is 1.28 bits per heavy atom. The summed E-state index contributed by atoms with van der Waals surface area (Å²) in [6, 6.07) is 7.21. The lowest BCUT2D eigenvalue weighted by Gasteiger charge is -2.57. The van der Waals surface area contributed by atoms with Gasteiger partial charge in [-0.2, -0.15) is 0 Å². The fraction of sp³-hybridized carbons (Fsp3) is 0.579. The molecule has 138 valence electrons. The topological polar surface area (TPSA) is 84.7 Å². The molecule has 0 heterocycles. The maximum atomic E-state index is 12.6. The van der Waals surface area contributed by atoms with Crippen LogP contribution in [0.1, 0.15) is 43.1 Å². The summed E-state index contributed by atoms with van der Waals surface area (Å²) in [6.07, 6.45) is 0.528. The van der Waals surface area contributed by atoms with E-state index in [1.807, 2.05) is 32.9 Å². The first-order chi connectivity index (χ1) is 11.6. The molecule has 2 unspecified atom stereocenters. The molecule has 0 saturated heterocycles. The molecule has 0 bridgehead atoms. The van der Waals surface area contributed by atoms with E-state index in [1.54, 1.807) is 26.2 Å². The SMILES string of the molecule is CCOC1CC(N)(C(=O)NCc2ccc(C(=O)N(C)C)cc2)C1(C)C. The third-order valence-electron chi connectivity index (χ3n) is 5.30. The number of hydrogen-bond acceptors (Lipinski definition) is 4. The van der Waals surface area contributed by atoms with Crippen LogP contribution in [0.25, 0.3) is 0 Å². The summed E-state index contributed by atoms with van der Waals surface area (Å²) in [7, 11) is 3.43. The summed E-state index contributed by atoms with van der Waals surface area (Å²) in [5.74, 6) is -0.212. The first-order valence-electron chi connectivity index (χ1n) is 8.63. The van der Waals surface area contributed by atoms with Gasteiger partial charge < -0.3 is 20.7 Å². The van der Waals surface area contributed by atoms with Crippen LogP contribution in [0, 0.1) is 5.41 Å². The third kappa shape index (κ3) is 3.55. The van der Waals surface area contributed by atoms with Crippen LogP contribution in [-0.2, 0) is 16.1 Å². The van der Waals surface area contributed by atoms with E-state index in [0.29, 0.717) is 25.1 Å². The van der Waals surface area contributed by atoms with Crippen LogP contribution in [-0.4, -0.2) is 49.1 Å². The van der Waals surface area contributed by atoms with E-state index in [9.17, 15) is 9.59 Å². The van der Waals surface area contributed by atoms with Crippen LogP contribution in [0.3, 0.4) is 0 Å². The quantitative estimate of drug-likeness (QED) is 0.817. The smallest absolute Gasteiger partial charge is 0.253 e. The van der Waals surface area contributed by atoms with Gasteiger partial charge in [-0.25, -0.2) is 0 Å². The van der Waals surface area contributed by atoms with Gasteiger partial charge in [0.25, 0.3) is 5.91 Å². The monoisotopic (exact) mass is 347 g/mol. The summed E-state index contributed by atoms with van der Waals surface area (Å²) >= 11 is 0. The molecule has 0 aromatic heterocycles. The standard InChI is InChI=1S/C19H29N3O3/c1-6-25-15-11-19(20,18(15,2)3)17(24)21-12-13-7-9-14(10-8-13)16(23)22(4)5/h7-10,15H,6,11-12,20H2,1-5H3,(H,21,24). The fourth-order valence-corrected chi connectivity index (χ4v) is 3.18. The normalized spacial score (nSPS) is 24.3. The van der Waals surface area contributed by atoms with Gasteiger partial charge >= 0.3 is 0 Å². The highest BCUT2D eigenvalue weighted by Gasteiger charge is 2.62. The lowest BCUT2D eigenvalue weighted by Crippen LogP contribution is -2.75. The maximum Gasteiger partial charge on any atom is 0.253 e. The van der Waals surface area contributed by atoms with E-state index in [2.05, 4.69) is 5.32 Å². The van der Waals surface area contributed by atoms with Gasteiger partial charge in [-0.3, -0.25) is 9.59 Å². The lowest BCUT2D eigenvalue weighted by molar-refractivity contribution is -0.170. The second kappa shape index (κ2) is 7.14. The van der Waals surface area contributed by atoms with E-state index < -0.39 is 11.0 Å². The first kappa shape index (κ1) is 19.4. The van der Waals surface area contributed by atoms with Crippen molar-refractivity contribution in [2.24, 2.45) is 11.1 Å². The second-order valence-corrected chi connectivity index (χ2v) is 7.42. The molecule has 0 aliphatic heterocycles. The Bertz CT molecular complexity index is 640. The van der Waals surface area contributed by atoms with Crippen LogP contribution in [0.15, 0.2) is 24.3 Å². The molecule has 3 N–H and O–H groups in total. The van der Waals surface area contributed by atoms with Crippen LogP contribution in [0.2, 0.25) is 0 Å². The Morgan fingerprint density at radius 2 is 1.88 bits per heavy atom. The van der Waals surface area contributed by atoms with Gasteiger partial charge in [-0.15, -0.1) is 0 Å². The van der Waals surface area contributed by atoms with Crippen molar-refractivity contribution in [3.8, 4) is 0 Å². The minimum atomic E-state index is -0.923. The Hall–Kier alpha value is -1.92. The van der Waals surface area contributed by atoms with E-state index in [-0.39, 0.29) is 17.9 Å². The fourth-order valence-electron chi connectivity index (χ4n) is 3.18. The van der Waals surface area contributed by atoms with Gasteiger partial charge in [0.1, 0.15) is 5.54 Å². The Morgan fingerprint density at radius 3 is 2.36 bits per heavy atom. The molecular formula is C19H29N3O3. The van der Waals surface area contributed by atoms with Crippen molar-refractivity contribution >= 4 is 11.8 Å². The number of nitrogens with one attached hydrogen (secondary N) is 1. The zero-order valence-corrected chi connectivity index (χ0v) is 15.8. The van der Waals surface area contributed by atoms with Gasteiger partial charge in [-0.05, 0) is 24.6 Å². The highest BCUT2D eigenvalue weighted by molar-refractivity contribution is 5.94. The molecule has 1 aliphatic carbocycles. The molecule has 6 nitrogen and oxygen atoms in total. The largest absolute Gasteiger partial charge is 0.378 e. The zero-order chi connectivity index (χ0) is 18.8. The molecule has 1 fully saturated rings. The van der Waals surface area contributed by atoms with Gasteiger partial charge in [-0.1, -0.05) is 26.0 Å². The molecule has 0 spiro atoms. The van der Waals surface area contributed by atoms with Gasteiger partial charge in [0.15, 0.2) is 0 Å². The van der Waals surface area contributed by atoms with E-state index >= 15 is 0 Å². The number of rotatable bonds is 6. The van der Waals surface area contributed by atoms with Crippen molar-refractivity contribution in [3.05, 3.63) is 35.4 Å². The zero-order valence-electron chi connectivity index (χ0n) is 15.8. The molecule has 25 heavy (non-hydrogen) atoms.